The van der Waals surface area contributed by atoms with E-state index in [4.69, 9.17) is 21.7 Å². The van der Waals surface area contributed by atoms with Gasteiger partial charge in [0, 0.05) is 0 Å². The third-order valence-electron chi connectivity index (χ3n) is 5.18. The number of ether oxygens (including phenoxy) is 2. The zero-order valence-corrected chi connectivity index (χ0v) is 20.9. The highest BCUT2D eigenvalue weighted by atomic mass is 79.9. The Morgan fingerprint density at radius 1 is 1.06 bits per heavy atom. The standard InChI is InChI=1S/C26H21BrN2O4S/c1-16-8-10-17(11-9-16)15-33-23-21(27)13-18(14-22(23)32-2)12-20-24(30)28-26(34)29(25(20)31)19-6-4-3-5-7-19/h3-14H,15H2,1-2H3,(H,28,30,34)/b20-12-. The summed E-state index contributed by atoms with van der Waals surface area (Å²) in [7, 11) is 1.53. The zero-order valence-electron chi connectivity index (χ0n) is 18.5. The third kappa shape index (κ3) is 5.03. The number of aryl methyl sites for hydroxylation is 1. The third-order valence-corrected chi connectivity index (χ3v) is 6.06. The van der Waals surface area contributed by atoms with Crippen LogP contribution < -0.4 is 19.7 Å². The van der Waals surface area contributed by atoms with E-state index in [1.165, 1.54) is 23.6 Å². The van der Waals surface area contributed by atoms with E-state index in [-0.39, 0.29) is 10.7 Å². The molecule has 0 saturated carbocycles. The van der Waals surface area contributed by atoms with Crippen molar-refractivity contribution in [3.63, 3.8) is 0 Å². The molecule has 2 amide bonds. The number of halogens is 1. The highest BCUT2D eigenvalue weighted by Gasteiger charge is 2.34. The number of amides is 2. The van der Waals surface area contributed by atoms with Crippen molar-refractivity contribution >= 4 is 56.8 Å². The SMILES string of the molecule is COc1cc(/C=C2/C(=O)NC(=S)N(c3ccccc3)C2=O)cc(Br)c1OCc1ccc(C)cc1. The van der Waals surface area contributed by atoms with Gasteiger partial charge in [-0.1, -0.05) is 48.0 Å². The molecule has 1 heterocycles. The van der Waals surface area contributed by atoms with Gasteiger partial charge in [0.2, 0.25) is 0 Å². The van der Waals surface area contributed by atoms with E-state index >= 15 is 0 Å². The van der Waals surface area contributed by atoms with Gasteiger partial charge < -0.3 is 9.47 Å². The quantitative estimate of drug-likeness (QED) is 0.267. The normalized spacial score (nSPS) is 14.9. The van der Waals surface area contributed by atoms with E-state index in [1.54, 1.807) is 36.4 Å². The number of nitrogens with zero attached hydrogens (tertiary/aromatic N) is 1. The molecule has 0 aliphatic carbocycles. The fourth-order valence-corrected chi connectivity index (χ4v) is 4.29. The van der Waals surface area contributed by atoms with Gasteiger partial charge in [0.15, 0.2) is 16.6 Å². The number of benzene rings is 3. The van der Waals surface area contributed by atoms with Crippen molar-refractivity contribution in [2.45, 2.75) is 13.5 Å². The number of anilines is 1. The van der Waals surface area contributed by atoms with Gasteiger partial charge in [-0.05, 0) is 76.5 Å². The molecule has 1 N–H and O–H groups in total. The minimum absolute atomic E-state index is 0.0389. The van der Waals surface area contributed by atoms with Crippen LogP contribution in [0.4, 0.5) is 5.69 Å². The summed E-state index contributed by atoms with van der Waals surface area (Å²) in [6.07, 6.45) is 1.51. The second kappa shape index (κ2) is 10.2. The molecule has 1 aliphatic rings. The van der Waals surface area contributed by atoms with Crippen LogP contribution in [0.1, 0.15) is 16.7 Å². The Morgan fingerprint density at radius 2 is 1.76 bits per heavy atom. The van der Waals surface area contributed by atoms with E-state index in [9.17, 15) is 9.59 Å². The predicted octanol–water partition coefficient (Wildman–Crippen LogP) is 5.18. The highest BCUT2D eigenvalue weighted by Crippen LogP contribution is 2.38. The molecular weight excluding hydrogens is 516 g/mol. The summed E-state index contributed by atoms with van der Waals surface area (Å²) >= 11 is 8.76. The number of methoxy groups -OCH3 is 1. The monoisotopic (exact) mass is 536 g/mol. The van der Waals surface area contributed by atoms with E-state index < -0.39 is 11.8 Å². The first-order chi connectivity index (χ1) is 16.4. The van der Waals surface area contributed by atoms with Gasteiger partial charge in [-0.2, -0.15) is 0 Å². The number of hydrogen-bond donors (Lipinski definition) is 1. The average Bonchev–Trinajstić information content (AvgIpc) is 2.82. The van der Waals surface area contributed by atoms with Gasteiger partial charge in [0.25, 0.3) is 11.8 Å². The largest absolute Gasteiger partial charge is 0.493 e. The van der Waals surface area contributed by atoms with Crippen LogP contribution in [0.25, 0.3) is 6.08 Å². The summed E-state index contributed by atoms with van der Waals surface area (Å²) in [5.74, 6) is -0.0733. The van der Waals surface area contributed by atoms with Gasteiger partial charge in [0.1, 0.15) is 12.2 Å². The molecule has 1 fully saturated rings. The lowest BCUT2D eigenvalue weighted by Crippen LogP contribution is -2.54. The topological polar surface area (TPSA) is 67.9 Å². The van der Waals surface area contributed by atoms with Crippen LogP contribution >= 0.6 is 28.1 Å². The second-order valence-electron chi connectivity index (χ2n) is 7.60. The van der Waals surface area contributed by atoms with Crippen LogP contribution in [-0.2, 0) is 16.2 Å². The van der Waals surface area contributed by atoms with Crippen LogP contribution in [0, 0.1) is 6.92 Å². The van der Waals surface area contributed by atoms with Crippen LogP contribution in [-0.4, -0.2) is 24.0 Å². The summed E-state index contributed by atoms with van der Waals surface area (Å²) in [5.41, 5.74) is 3.31. The molecule has 0 spiro atoms. The van der Waals surface area contributed by atoms with Gasteiger partial charge in [0.05, 0.1) is 17.3 Å². The van der Waals surface area contributed by atoms with E-state index in [0.29, 0.717) is 33.8 Å². The Bertz CT molecular complexity index is 1290. The molecule has 3 aromatic carbocycles. The summed E-state index contributed by atoms with van der Waals surface area (Å²) in [5, 5.41) is 2.63. The summed E-state index contributed by atoms with van der Waals surface area (Å²) in [4.78, 5) is 27.1. The van der Waals surface area contributed by atoms with Gasteiger partial charge in [-0.25, -0.2) is 0 Å². The number of rotatable bonds is 6. The van der Waals surface area contributed by atoms with Gasteiger partial charge in [-0.15, -0.1) is 0 Å². The van der Waals surface area contributed by atoms with Gasteiger partial charge in [-0.3, -0.25) is 19.8 Å². The lowest BCUT2D eigenvalue weighted by Gasteiger charge is -2.28. The molecule has 1 saturated heterocycles. The van der Waals surface area contributed by atoms with Crippen molar-refractivity contribution in [1.82, 2.24) is 5.32 Å². The molecule has 4 rings (SSSR count). The minimum Gasteiger partial charge on any atom is -0.493 e. The number of thiocarbonyl (C=S) groups is 1. The molecule has 0 radical (unpaired) electrons. The number of carbonyl (C=O) groups is 2. The fraction of sp³-hybridized carbons (Fsp3) is 0.115. The number of hydrogen-bond acceptors (Lipinski definition) is 5. The summed E-state index contributed by atoms with van der Waals surface area (Å²) < 4.78 is 12.2. The van der Waals surface area contributed by atoms with Crippen LogP contribution in [0.2, 0.25) is 0 Å². The molecule has 0 bridgehead atoms. The maximum atomic E-state index is 13.2. The Kier molecular flexibility index (Phi) is 7.09. The van der Waals surface area contributed by atoms with Crippen molar-refractivity contribution in [3.05, 3.63) is 93.5 Å². The number of nitrogens with one attached hydrogen (secondary N) is 1. The Morgan fingerprint density at radius 3 is 2.44 bits per heavy atom. The molecule has 8 heteroatoms. The van der Waals surface area contributed by atoms with Crippen molar-refractivity contribution in [2.75, 3.05) is 12.0 Å². The van der Waals surface area contributed by atoms with E-state index in [1.807, 2.05) is 37.3 Å². The first-order valence-electron chi connectivity index (χ1n) is 10.4. The molecule has 34 heavy (non-hydrogen) atoms. The summed E-state index contributed by atoms with van der Waals surface area (Å²) in [6.45, 7) is 2.39. The van der Waals surface area contributed by atoms with Crippen molar-refractivity contribution in [3.8, 4) is 11.5 Å². The van der Waals surface area contributed by atoms with E-state index in [2.05, 4.69) is 21.2 Å². The Hall–Kier alpha value is -3.49. The van der Waals surface area contributed by atoms with Crippen LogP contribution in [0.15, 0.2) is 76.8 Å². The molecule has 1 aliphatic heterocycles. The van der Waals surface area contributed by atoms with Crippen LogP contribution in [0.5, 0.6) is 11.5 Å². The first kappa shape index (κ1) is 23.7. The molecule has 172 valence electrons. The van der Waals surface area contributed by atoms with Crippen molar-refractivity contribution in [2.24, 2.45) is 0 Å². The first-order valence-corrected chi connectivity index (χ1v) is 11.6. The Labute approximate surface area is 211 Å². The highest BCUT2D eigenvalue weighted by molar-refractivity contribution is 9.10. The number of carbonyl (C=O) groups excluding carboxylic acids is 2. The lowest BCUT2D eigenvalue weighted by molar-refractivity contribution is -0.122. The van der Waals surface area contributed by atoms with E-state index in [0.717, 1.165) is 5.56 Å². The molecule has 0 unspecified atom stereocenters. The maximum absolute atomic E-state index is 13.2. The second-order valence-corrected chi connectivity index (χ2v) is 8.84. The van der Waals surface area contributed by atoms with Crippen molar-refractivity contribution < 1.29 is 19.1 Å². The lowest BCUT2D eigenvalue weighted by atomic mass is 10.1. The van der Waals surface area contributed by atoms with Crippen molar-refractivity contribution in [1.29, 1.82) is 0 Å². The molecule has 3 aromatic rings. The Balaban J connectivity index is 1.63. The summed E-state index contributed by atoms with van der Waals surface area (Å²) in [6, 6.07) is 20.5. The molecular formula is C26H21BrN2O4S. The fourth-order valence-electron chi connectivity index (χ4n) is 3.44. The number of para-hydroxylation sites is 1. The smallest absolute Gasteiger partial charge is 0.270 e. The predicted molar refractivity (Wildman–Crippen MR) is 139 cm³/mol. The molecule has 0 atom stereocenters. The molecule has 0 aromatic heterocycles. The zero-order chi connectivity index (χ0) is 24.2. The average molecular weight is 537 g/mol. The van der Waals surface area contributed by atoms with Gasteiger partial charge >= 0.3 is 0 Å². The maximum Gasteiger partial charge on any atom is 0.270 e. The van der Waals surface area contributed by atoms with Crippen LogP contribution in [0.3, 0.4) is 0 Å². The minimum atomic E-state index is -0.558. The molecule has 6 nitrogen and oxygen atoms in total.